The highest BCUT2D eigenvalue weighted by Gasteiger charge is 2.29. The molecule has 0 unspecified atom stereocenters. The molecular formula is C26H28N6O2S. The van der Waals surface area contributed by atoms with Gasteiger partial charge >= 0.3 is 0 Å². The van der Waals surface area contributed by atoms with Gasteiger partial charge in [0.25, 0.3) is 0 Å². The molecule has 180 valence electrons. The van der Waals surface area contributed by atoms with Gasteiger partial charge in [-0.15, -0.1) is 0 Å². The van der Waals surface area contributed by atoms with Crippen molar-refractivity contribution in [1.29, 1.82) is 0 Å². The van der Waals surface area contributed by atoms with E-state index < -0.39 is 10.0 Å². The fourth-order valence-corrected chi connectivity index (χ4v) is 5.85. The highest BCUT2D eigenvalue weighted by atomic mass is 32.2. The lowest BCUT2D eigenvalue weighted by atomic mass is 10.1. The van der Waals surface area contributed by atoms with Gasteiger partial charge in [-0.2, -0.15) is 9.40 Å². The van der Waals surface area contributed by atoms with Crippen LogP contribution in [0.2, 0.25) is 0 Å². The molecule has 0 radical (unpaired) electrons. The Bertz CT molecular complexity index is 1440. The quantitative estimate of drug-likeness (QED) is 0.425. The molecule has 0 amide bonds. The van der Waals surface area contributed by atoms with Crippen molar-refractivity contribution in [1.82, 2.24) is 24.1 Å². The van der Waals surface area contributed by atoms with Gasteiger partial charge in [-0.25, -0.2) is 23.1 Å². The Morgan fingerprint density at radius 1 is 0.743 bits per heavy atom. The second-order valence-electron chi connectivity index (χ2n) is 8.75. The molecule has 2 aromatic carbocycles. The predicted molar refractivity (Wildman–Crippen MR) is 136 cm³/mol. The first-order chi connectivity index (χ1) is 16.8. The lowest BCUT2D eigenvalue weighted by molar-refractivity contribution is 0.383. The molecule has 4 aromatic rings. The first-order valence-electron chi connectivity index (χ1n) is 11.6. The van der Waals surface area contributed by atoms with Crippen molar-refractivity contribution in [3.8, 4) is 16.9 Å². The zero-order valence-corrected chi connectivity index (χ0v) is 20.9. The number of nitrogens with zero attached hydrogens (tertiary/aromatic N) is 6. The van der Waals surface area contributed by atoms with Crippen LogP contribution in [0.1, 0.15) is 17.2 Å². The lowest BCUT2D eigenvalue weighted by Crippen LogP contribution is -2.49. The largest absolute Gasteiger partial charge is 0.354 e. The monoisotopic (exact) mass is 488 g/mol. The molecule has 1 aliphatic rings. The van der Waals surface area contributed by atoms with Gasteiger partial charge in [0, 0.05) is 37.9 Å². The molecule has 0 spiro atoms. The zero-order chi connectivity index (χ0) is 24.6. The van der Waals surface area contributed by atoms with Gasteiger partial charge in [0.2, 0.25) is 10.0 Å². The highest BCUT2D eigenvalue weighted by Crippen LogP contribution is 2.25. The molecule has 1 saturated heterocycles. The number of piperazine rings is 1. The summed E-state index contributed by atoms with van der Waals surface area (Å²) >= 11 is 0. The van der Waals surface area contributed by atoms with E-state index in [9.17, 15) is 8.42 Å². The summed E-state index contributed by atoms with van der Waals surface area (Å²) < 4.78 is 29.9. The number of hydrogen-bond donors (Lipinski definition) is 0. The van der Waals surface area contributed by atoms with E-state index in [1.807, 2.05) is 80.1 Å². The fraction of sp³-hybridized carbons (Fsp3) is 0.269. The fourth-order valence-electron chi connectivity index (χ4n) is 4.42. The van der Waals surface area contributed by atoms with Crippen LogP contribution in [0.15, 0.2) is 71.6 Å². The molecule has 0 atom stereocenters. The Hall–Kier alpha value is -3.56. The Morgan fingerprint density at radius 3 is 2.00 bits per heavy atom. The molecule has 1 aliphatic heterocycles. The highest BCUT2D eigenvalue weighted by molar-refractivity contribution is 7.89. The van der Waals surface area contributed by atoms with E-state index in [4.69, 9.17) is 0 Å². The van der Waals surface area contributed by atoms with Crippen LogP contribution in [0.4, 0.5) is 5.82 Å². The van der Waals surface area contributed by atoms with Crippen LogP contribution < -0.4 is 4.90 Å². The molecule has 5 rings (SSSR count). The third-order valence-corrected chi connectivity index (χ3v) is 8.11. The summed E-state index contributed by atoms with van der Waals surface area (Å²) in [6, 6.07) is 21.0. The van der Waals surface area contributed by atoms with Crippen LogP contribution in [-0.4, -0.2) is 58.7 Å². The third-order valence-electron chi connectivity index (χ3n) is 6.20. The Labute approximate surface area is 205 Å². The molecule has 0 bridgehead atoms. The first kappa shape index (κ1) is 23.2. The minimum atomic E-state index is -3.57. The summed E-state index contributed by atoms with van der Waals surface area (Å²) in [5.74, 6) is 2.15. The lowest BCUT2D eigenvalue weighted by Gasteiger charge is -2.34. The Balaban J connectivity index is 1.31. The van der Waals surface area contributed by atoms with E-state index in [0.29, 0.717) is 42.7 Å². The molecule has 0 saturated carbocycles. The molecule has 35 heavy (non-hydrogen) atoms. The minimum Gasteiger partial charge on any atom is -0.354 e. The standard InChI is InChI=1S/C26H28N6O2S/c1-19-17-20(2)32(29-19)26-18-25(27-21(3)28-26)30-13-15-31(16-14-30)35(33,34)24-11-9-23(10-12-24)22-7-5-4-6-8-22/h4-12,17-18H,13-16H2,1-3H3. The summed E-state index contributed by atoms with van der Waals surface area (Å²) in [6.45, 7) is 7.68. The number of aryl methyl sites for hydroxylation is 3. The number of sulfonamides is 1. The molecule has 2 aromatic heterocycles. The maximum atomic E-state index is 13.3. The molecule has 8 nitrogen and oxygen atoms in total. The smallest absolute Gasteiger partial charge is 0.243 e. The summed E-state index contributed by atoms with van der Waals surface area (Å²) in [5, 5.41) is 4.53. The van der Waals surface area contributed by atoms with E-state index >= 15 is 0 Å². The third kappa shape index (κ3) is 4.69. The average Bonchev–Trinajstić information content (AvgIpc) is 3.22. The molecule has 3 heterocycles. The minimum absolute atomic E-state index is 0.315. The van der Waals surface area contributed by atoms with E-state index in [1.165, 1.54) is 0 Å². The number of anilines is 1. The normalized spacial score (nSPS) is 14.9. The molecular weight excluding hydrogens is 460 g/mol. The molecule has 9 heteroatoms. The number of benzene rings is 2. The van der Waals surface area contributed by atoms with Crippen molar-refractivity contribution in [2.75, 3.05) is 31.1 Å². The van der Waals surface area contributed by atoms with Crippen molar-refractivity contribution in [3.05, 3.63) is 83.9 Å². The van der Waals surface area contributed by atoms with Crippen LogP contribution in [0.3, 0.4) is 0 Å². The van der Waals surface area contributed by atoms with Gasteiger partial charge in [0.1, 0.15) is 11.6 Å². The van der Waals surface area contributed by atoms with E-state index in [-0.39, 0.29) is 0 Å². The van der Waals surface area contributed by atoms with Gasteiger partial charge < -0.3 is 4.90 Å². The average molecular weight is 489 g/mol. The number of hydrogen-bond acceptors (Lipinski definition) is 6. The number of rotatable bonds is 5. The predicted octanol–water partition coefficient (Wildman–Crippen LogP) is 3.77. The zero-order valence-electron chi connectivity index (χ0n) is 20.1. The van der Waals surface area contributed by atoms with E-state index in [2.05, 4.69) is 20.0 Å². The van der Waals surface area contributed by atoms with Crippen LogP contribution in [0.25, 0.3) is 16.9 Å². The van der Waals surface area contributed by atoms with Gasteiger partial charge in [0.05, 0.1) is 10.6 Å². The van der Waals surface area contributed by atoms with Gasteiger partial charge in [-0.3, -0.25) is 0 Å². The van der Waals surface area contributed by atoms with Crippen LogP contribution in [0, 0.1) is 20.8 Å². The van der Waals surface area contributed by atoms with Crippen molar-refractivity contribution < 1.29 is 8.42 Å². The van der Waals surface area contributed by atoms with Crippen molar-refractivity contribution >= 4 is 15.8 Å². The van der Waals surface area contributed by atoms with Gasteiger partial charge in [-0.05, 0) is 50.1 Å². The topological polar surface area (TPSA) is 84.2 Å². The first-order valence-corrected chi connectivity index (χ1v) is 13.1. The van der Waals surface area contributed by atoms with E-state index in [1.54, 1.807) is 16.4 Å². The summed E-state index contributed by atoms with van der Waals surface area (Å²) in [5.41, 5.74) is 3.98. The maximum absolute atomic E-state index is 13.3. The Kier molecular flexibility index (Phi) is 6.12. The maximum Gasteiger partial charge on any atom is 0.243 e. The van der Waals surface area contributed by atoms with Gasteiger partial charge in [0.15, 0.2) is 5.82 Å². The second kappa shape index (κ2) is 9.24. The van der Waals surface area contributed by atoms with Crippen molar-refractivity contribution in [3.63, 3.8) is 0 Å². The summed E-state index contributed by atoms with van der Waals surface area (Å²) in [7, 11) is -3.57. The van der Waals surface area contributed by atoms with Crippen LogP contribution >= 0.6 is 0 Å². The SMILES string of the molecule is Cc1cc(C)n(-c2cc(N3CCN(S(=O)(=O)c4ccc(-c5ccccc5)cc4)CC3)nc(C)n2)n1. The molecule has 0 N–H and O–H groups in total. The molecule has 1 fully saturated rings. The van der Waals surface area contributed by atoms with Crippen LogP contribution in [-0.2, 0) is 10.0 Å². The molecule has 0 aliphatic carbocycles. The van der Waals surface area contributed by atoms with Crippen molar-refractivity contribution in [2.45, 2.75) is 25.7 Å². The van der Waals surface area contributed by atoms with Gasteiger partial charge in [-0.1, -0.05) is 42.5 Å². The summed E-state index contributed by atoms with van der Waals surface area (Å²) in [4.78, 5) is 11.6. The van der Waals surface area contributed by atoms with Crippen LogP contribution in [0.5, 0.6) is 0 Å². The van der Waals surface area contributed by atoms with Crippen molar-refractivity contribution in [2.24, 2.45) is 0 Å². The Morgan fingerprint density at radius 2 is 1.37 bits per heavy atom. The van der Waals surface area contributed by atoms with E-state index in [0.717, 1.165) is 28.3 Å². The summed E-state index contributed by atoms with van der Waals surface area (Å²) in [6.07, 6.45) is 0. The number of aromatic nitrogens is 4. The second-order valence-corrected chi connectivity index (χ2v) is 10.7.